The maximum absolute atomic E-state index is 13.3. The smallest absolute Gasteiger partial charge is 0.408 e. The summed E-state index contributed by atoms with van der Waals surface area (Å²) in [6.07, 6.45) is 1.96. The Morgan fingerprint density at radius 1 is 0.765 bits per heavy atom. The minimum Gasteiger partial charge on any atom is -0.504 e. The van der Waals surface area contributed by atoms with Crippen LogP contribution in [0.15, 0.2) is 72.8 Å². The van der Waals surface area contributed by atoms with Gasteiger partial charge in [-0.15, -0.1) is 0 Å². The Labute approximate surface area is 296 Å². The number of rotatable bonds is 15. The topological polar surface area (TPSA) is 174 Å². The molecular formula is C40H45N3O8. The summed E-state index contributed by atoms with van der Waals surface area (Å²) in [7, 11) is 0. The molecule has 0 aromatic heterocycles. The monoisotopic (exact) mass is 695 g/mol. The molecule has 0 spiro atoms. The molecule has 5 aromatic carbocycles. The molecule has 6 N–H and O–H groups in total. The molecule has 0 heterocycles. The number of carboxylic acid groups (broad SMARTS) is 1. The lowest BCUT2D eigenvalue weighted by Gasteiger charge is -2.24. The van der Waals surface area contributed by atoms with E-state index in [0.717, 1.165) is 6.42 Å². The molecule has 11 nitrogen and oxygen atoms in total. The number of aliphatic carboxylic acids is 1. The van der Waals surface area contributed by atoms with E-state index in [2.05, 4.69) is 70.5 Å². The second-order valence-corrected chi connectivity index (χ2v) is 13.9. The average molecular weight is 696 g/mol. The van der Waals surface area contributed by atoms with Gasteiger partial charge in [-0.25, -0.2) is 9.59 Å². The lowest BCUT2D eigenvalue weighted by atomic mass is 9.90. The third kappa shape index (κ3) is 9.56. The summed E-state index contributed by atoms with van der Waals surface area (Å²) in [5.74, 6) is -2.87. The van der Waals surface area contributed by atoms with Crippen LogP contribution in [0.1, 0.15) is 64.0 Å². The van der Waals surface area contributed by atoms with Crippen molar-refractivity contribution in [2.45, 2.75) is 83.4 Å². The number of aromatic hydroxyl groups is 2. The van der Waals surface area contributed by atoms with Crippen molar-refractivity contribution < 1.29 is 39.2 Å². The van der Waals surface area contributed by atoms with Gasteiger partial charge in [0.05, 0.1) is 0 Å². The van der Waals surface area contributed by atoms with Crippen LogP contribution < -0.4 is 16.0 Å². The SMILES string of the molecule is CC(C)(C)OC(=O)N[C@@H](CCCCNC(=O)CCCc1ccc2ccc3cccc4ccc1c2c34)C(=O)N[C@@H](Cc1ccc(O)c(O)c1)C(=O)O. The standard InChI is InChI=1S/C40H45N3O8/c1-40(2,3)51-39(50)43-30(37(47)42-31(38(48)49)22-24-13-20-32(44)33(45)23-24)11-4-5-21-41-34(46)12-7-8-25-14-15-28-17-16-26-9-6-10-27-18-19-29(25)36(28)35(26)27/h6,9-10,13-20,23,30-31,44-45H,4-5,7-8,11-12,21-22H2,1-3H3,(H,41,46)(H,42,47)(H,43,50)(H,48,49)/t30-,31-/m0/s1. The van der Waals surface area contributed by atoms with Gasteiger partial charge in [-0.3, -0.25) is 9.59 Å². The van der Waals surface area contributed by atoms with E-state index in [4.69, 9.17) is 4.74 Å². The predicted molar refractivity (Wildman–Crippen MR) is 196 cm³/mol. The molecule has 0 aliphatic carbocycles. The fourth-order valence-electron chi connectivity index (χ4n) is 6.37. The Balaban J connectivity index is 1.11. The number of benzene rings is 5. The van der Waals surface area contributed by atoms with Crippen molar-refractivity contribution in [2.24, 2.45) is 0 Å². The van der Waals surface area contributed by atoms with Gasteiger partial charge in [0.15, 0.2) is 11.5 Å². The third-order valence-electron chi connectivity index (χ3n) is 8.81. The molecular weight excluding hydrogens is 650 g/mol. The Bertz CT molecular complexity index is 2020. The average Bonchev–Trinajstić information content (AvgIpc) is 3.07. The number of alkyl carbamates (subject to hydrolysis) is 1. The predicted octanol–water partition coefficient (Wildman–Crippen LogP) is 6.31. The van der Waals surface area contributed by atoms with Gasteiger partial charge < -0.3 is 36.0 Å². The maximum Gasteiger partial charge on any atom is 0.408 e. The first-order chi connectivity index (χ1) is 24.3. The van der Waals surface area contributed by atoms with E-state index < -0.39 is 41.4 Å². The van der Waals surface area contributed by atoms with Gasteiger partial charge >= 0.3 is 12.1 Å². The van der Waals surface area contributed by atoms with Crippen LogP contribution >= 0.6 is 0 Å². The van der Waals surface area contributed by atoms with Crippen molar-refractivity contribution >= 4 is 56.2 Å². The van der Waals surface area contributed by atoms with Crippen molar-refractivity contribution in [2.75, 3.05) is 6.54 Å². The Morgan fingerprint density at radius 3 is 2.14 bits per heavy atom. The minimum atomic E-state index is -1.37. The molecule has 0 bridgehead atoms. The first-order valence-electron chi connectivity index (χ1n) is 17.2. The van der Waals surface area contributed by atoms with Crippen molar-refractivity contribution in [1.82, 2.24) is 16.0 Å². The summed E-state index contributed by atoms with van der Waals surface area (Å²) < 4.78 is 5.32. The first kappa shape index (κ1) is 36.7. The molecule has 0 saturated heterocycles. The largest absolute Gasteiger partial charge is 0.504 e. The molecule has 0 fully saturated rings. The Hall–Kier alpha value is -5.58. The fraction of sp³-hybridized carbons (Fsp3) is 0.350. The molecule has 0 unspecified atom stereocenters. The van der Waals surface area contributed by atoms with Crippen LogP contribution in [0.3, 0.4) is 0 Å². The Kier molecular flexibility index (Phi) is 11.5. The molecule has 0 aliphatic heterocycles. The van der Waals surface area contributed by atoms with Crippen LogP contribution in [0.5, 0.6) is 11.5 Å². The normalized spacial score (nSPS) is 12.8. The van der Waals surface area contributed by atoms with Gasteiger partial charge in [0.2, 0.25) is 11.8 Å². The lowest BCUT2D eigenvalue weighted by Crippen LogP contribution is -2.52. The van der Waals surface area contributed by atoms with Gasteiger partial charge in [0.1, 0.15) is 17.7 Å². The van der Waals surface area contributed by atoms with Gasteiger partial charge in [-0.05, 0) is 108 Å². The number of carbonyl (C=O) groups excluding carboxylic acids is 3. The zero-order valence-corrected chi connectivity index (χ0v) is 29.1. The van der Waals surface area contributed by atoms with E-state index in [9.17, 15) is 34.5 Å². The number of amides is 3. The molecule has 0 aliphatic rings. The number of carbonyl (C=O) groups is 4. The molecule has 2 atom stereocenters. The quantitative estimate of drug-likeness (QED) is 0.0420. The highest BCUT2D eigenvalue weighted by molar-refractivity contribution is 6.23. The first-order valence-corrected chi connectivity index (χ1v) is 17.2. The number of phenolic OH excluding ortho intramolecular Hbond substituents is 2. The highest BCUT2D eigenvalue weighted by Crippen LogP contribution is 2.36. The number of hydrogen-bond acceptors (Lipinski definition) is 7. The number of nitrogens with one attached hydrogen (secondary N) is 3. The fourth-order valence-corrected chi connectivity index (χ4v) is 6.37. The molecule has 5 rings (SSSR count). The highest BCUT2D eigenvalue weighted by Gasteiger charge is 2.28. The second kappa shape index (κ2) is 16.0. The minimum absolute atomic E-state index is 0.0709. The number of hydrogen-bond donors (Lipinski definition) is 6. The number of phenols is 2. The molecule has 11 heteroatoms. The summed E-state index contributed by atoms with van der Waals surface area (Å²) in [6, 6.07) is 20.7. The van der Waals surface area contributed by atoms with E-state index in [0.29, 0.717) is 37.8 Å². The summed E-state index contributed by atoms with van der Waals surface area (Å²) in [5, 5.41) is 44.4. The number of ether oxygens (including phenoxy) is 1. The molecule has 268 valence electrons. The highest BCUT2D eigenvalue weighted by atomic mass is 16.6. The summed E-state index contributed by atoms with van der Waals surface area (Å²) in [6.45, 7) is 5.43. The molecule has 5 aromatic rings. The summed E-state index contributed by atoms with van der Waals surface area (Å²) in [4.78, 5) is 50.5. The van der Waals surface area contributed by atoms with Crippen LogP contribution in [0.4, 0.5) is 4.79 Å². The van der Waals surface area contributed by atoms with Crippen LogP contribution in [0.2, 0.25) is 0 Å². The maximum atomic E-state index is 13.3. The van der Waals surface area contributed by atoms with E-state index >= 15 is 0 Å². The van der Waals surface area contributed by atoms with E-state index in [1.165, 1.54) is 56.1 Å². The lowest BCUT2D eigenvalue weighted by molar-refractivity contribution is -0.142. The number of aryl methyl sites for hydroxylation is 1. The summed E-state index contributed by atoms with van der Waals surface area (Å²) in [5.41, 5.74) is 0.767. The van der Waals surface area contributed by atoms with E-state index in [1.54, 1.807) is 20.8 Å². The molecule has 3 amide bonds. The van der Waals surface area contributed by atoms with E-state index in [-0.39, 0.29) is 24.5 Å². The number of carboxylic acids is 1. The van der Waals surface area contributed by atoms with Crippen molar-refractivity contribution in [1.29, 1.82) is 0 Å². The van der Waals surface area contributed by atoms with Crippen molar-refractivity contribution in [3.63, 3.8) is 0 Å². The van der Waals surface area contributed by atoms with Crippen LogP contribution in [0, 0.1) is 0 Å². The molecule has 0 radical (unpaired) electrons. The van der Waals surface area contributed by atoms with Gasteiger partial charge in [-0.2, -0.15) is 0 Å². The molecule has 51 heavy (non-hydrogen) atoms. The van der Waals surface area contributed by atoms with Gasteiger partial charge in [-0.1, -0.05) is 60.7 Å². The molecule has 0 saturated carbocycles. The Morgan fingerprint density at radius 2 is 1.45 bits per heavy atom. The van der Waals surface area contributed by atoms with E-state index in [1.807, 2.05) is 0 Å². The zero-order chi connectivity index (χ0) is 36.7. The van der Waals surface area contributed by atoms with Crippen molar-refractivity contribution in [3.8, 4) is 11.5 Å². The van der Waals surface area contributed by atoms with Crippen LogP contribution in [-0.2, 0) is 32.0 Å². The number of unbranched alkanes of at least 4 members (excludes halogenated alkanes) is 1. The second-order valence-electron chi connectivity index (χ2n) is 13.9. The van der Waals surface area contributed by atoms with Crippen LogP contribution in [0.25, 0.3) is 32.3 Å². The van der Waals surface area contributed by atoms with Crippen molar-refractivity contribution in [3.05, 3.63) is 83.9 Å². The summed E-state index contributed by atoms with van der Waals surface area (Å²) >= 11 is 0. The van der Waals surface area contributed by atoms with Crippen LogP contribution in [-0.4, -0.2) is 63.4 Å². The van der Waals surface area contributed by atoms with Gasteiger partial charge in [0, 0.05) is 19.4 Å². The zero-order valence-electron chi connectivity index (χ0n) is 29.1. The van der Waals surface area contributed by atoms with Gasteiger partial charge in [0.25, 0.3) is 0 Å². The third-order valence-corrected chi connectivity index (χ3v) is 8.81.